The molecule has 3 nitrogen and oxygen atoms in total. The van der Waals surface area contributed by atoms with Crippen molar-refractivity contribution in [3.05, 3.63) is 64.4 Å². The summed E-state index contributed by atoms with van der Waals surface area (Å²) in [5.41, 5.74) is 2.64. The number of aldehydes is 1. The van der Waals surface area contributed by atoms with Gasteiger partial charge in [0.1, 0.15) is 0 Å². The minimum Gasteiger partial charge on any atom is -0.298 e. The van der Waals surface area contributed by atoms with Crippen LogP contribution in [0.1, 0.15) is 40.9 Å². The van der Waals surface area contributed by atoms with Crippen LogP contribution < -0.4 is 0 Å². The Balaban J connectivity index is 2.25. The number of allylic oxidation sites excluding steroid dienone is 1. The van der Waals surface area contributed by atoms with Crippen molar-refractivity contribution in [1.29, 1.82) is 0 Å². The smallest absolute Gasteiger partial charge is 0.153 e. The quantitative estimate of drug-likeness (QED) is 0.587. The molecule has 0 bridgehead atoms. The zero-order valence-corrected chi connectivity index (χ0v) is 13.0. The lowest BCUT2D eigenvalue weighted by atomic mass is 10.0. The Kier molecular flexibility index (Phi) is 4.90. The van der Waals surface area contributed by atoms with E-state index in [1.165, 1.54) is 0 Å². The summed E-state index contributed by atoms with van der Waals surface area (Å²) >= 11 is 3.46. The number of rotatable bonds is 6. The molecule has 2 rings (SSSR count). The molecule has 1 heterocycles. The monoisotopic (exact) mass is 332 g/mol. The van der Waals surface area contributed by atoms with E-state index in [1.54, 1.807) is 0 Å². The van der Waals surface area contributed by atoms with Crippen LogP contribution in [-0.4, -0.2) is 16.1 Å². The summed E-state index contributed by atoms with van der Waals surface area (Å²) in [7, 11) is 0. The lowest BCUT2D eigenvalue weighted by Crippen LogP contribution is -2.02. The van der Waals surface area contributed by atoms with Crippen LogP contribution in [0.3, 0.4) is 0 Å². The van der Waals surface area contributed by atoms with Gasteiger partial charge >= 0.3 is 0 Å². The fraction of sp³-hybridized carbons (Fsp3) is 0.250. The minimum atomic E-state index is 0.205. The third-order valence-corrected chi connectivity index (χ3v) is 3.66. The second kappa shape index (κ2) is 6.66. The van der Waals surface area contributed by atoms with Crippen LogP contribution in [-0.2, 0) is 6.54 Å². The molecule has 0 radical (unpaired) electrons. The Hall–Kier alpha value is -1.68. The van der Waals surface area contributed by atoms with E-state index < -0.39 is 0 Å². The Morgan fingerprint density at radius 2 is 2.30 bits per heavy atom. The maximum Gasteiger partial charge on any atom is 0.153 e. The van der Waals surface area contributed by atoms with E-state index in [0.717, 1.165) is 28.4 Å². The molecule has 1 aromatic carbocycles. The number of hydrogen-bond acceptors (Lipinski definition) is 2. The molecule has 1 aromatic heterocycles. The molecule has 2 aromatic rings. The first kappa shape index (κ1) is 14.7. The van der Waals surface area contributed by atoms with E-state index in [9.17, 15) is 4.79 Å². The highest BCUT2D eigenvalue weighted by Gasteiger charge is 2.14. The van der Waals surface area contributed by atoms with Crippen molar-refractivity contribution < 1.29 is 4.79 Å². The van der Waals surface area contributed by atoms with Crippen LogP contribution in [0.25, 0.3) is 0 Å². The summed E-state index contributed by atoms with van der Waals surface area (Å²) in [4.78, 5) is 11.2. The topological polar surface area (TPSA) is 34.9 Å². The largest absolute Gasteiger partial charge is 0.298 e. The van der Waals surface area contributed by atoms with Crippen LogP contribution in [0.15, 0.2) is 47.6 Å². The number of benzene rings is 1. The predicted molar refractivity (Wildman–Crippen MR) is 84.1 cm³/mol. The van der Waals surface area contributed by atoms with E-state index in [4.69, 9.17) is 0 Å². The van der Waals surface area contributed by atoms with E-state index in [-0.39, 0.29) is 5.92 Å². The third-order valence-electron chi connectivity index (χ3n) is 3.17. The molecule has 0 N–H and O–H groups in total. The van der Waals surface area contributed by atoms with Crippen molar-refractivity contribution in [2.24, 2.45) is 0 Å². The summed E-state index contributed by atoms with van der Waals surface area (Å²) in [5, 5.41) is 4.55. The molecule has 0 aliphatic carbocycles. The van der Waals surface area contributed by atoms with Gasteiger partial charge in [-0.3, -0.25) is 9.48 Å². The van der Waals surface area contributed by atoms with Gasteiger partial charge < -0.3 is 0 Å². The molecule has 0 fully saturated rings. The van der Waals surface area contributed by atoms with E-state index in [2.05, 4.69) is 40.6 Å². The summed E-state index contributed by atoms with van der Waals surface area (Å²) in [5.74, 6) is 0.205. The van der Waals surface area contributed by atoms with Crippen molar-refractivity contribution in [2.45, 2.75) is 25.8 Å². The maximum atomic E-state index is 11.2. The number of halogens is 1. The number of aromatic nitrogens is 2. The van der Waals surface area contributed by atoms with Gasteiger partial charge in [-0.25, -0.2) is 0 Å². The van der Waals surface area contributed by atoms with Crippen LogP contribution >= 0.6 is 15.9 Å². The molecule has 0 spiro atoms. The fourth-order valence-corrected chi connectivity index (χ4v) is 2.64. The summed E-state index contributed by atoms with van der Waals surface area (Å²) in [6.07, 6.45) is 5.35. The molecule has 4 heteroatoms. The molecule has 104 valence electrons. The molecular weight excluding hydrogens is 316 g/mol. The third kappa shape index (κ3) is 3.45. The molecule has 20 heavy (non-hydrogen) atoms. The second-order valence-corrected chi connectivity index (χ2v) is 5.76. The first-order chi connectivity index (χ1) is 9.63. The Bertz CT molecular complexity index is 619. The predicted octanol–water partition coefficient (Wildman–Crippen LogP) is 4.19. The molecule has 0 aliphatic rings. The second-order valence-electron chi connectivity index (χ2n) is 4.84. The van der Waals surface area contributed by atoms with E-state index >= 15 is 0 Å². The molecule has 0 saturated heterocycles. The van der Waals surface area contributed by atoms with Crippen LogP contribution in [0.4, 0.5) is 0 Å². The molecule has 0 aliphatic heterocycles. The highest BCUT2D eigenvalue weighted by Crippen LogP contribution is 2.21. The van der Waals surface area contributed by atoms with Gasteiger partial charge in [0.15, 0.2) is 6.29 Å². The van der Waals surface area contributed by atoms with Gasteiger partial charge in [0, 0.05) is 16.6 Å². The normalized spacial score (nSPS) is 12.1. The Labute approximate surface area is 127 Å². The summed E-state index contributed by atoms with van der Waals surface area (Å²) in [6.45, 7) is 6.45. The van der Waals surface area contributed by atoms with Gasteiger partial charge in [0.05, 0.1) is 17.8 Å². The molecule has 1 unspecified atom stereocenters. The van der Waals surface area contributed by atoms with Crippen molar-refractivity contribution in [3.8, 4) is 0 Å². The van der Waals surface area contributed by atoms with E-state index in [0.29, 0.717) is 12.1 Å². The molecule has 1 atom stereocenters. The molecular formula is C16H17BrN2O. The van der Waals surface area contributed by atoms with Gasteiger partial charge in [0.25, 0.3) is 0 Å². The first-order valence-corrected chi connectivity index (χ1v) is 7.31. The molecule has 0 saturated carbocycles. The van der Waals surface area contributed by atoms with Crippen molar-refractivity contribution in [1.82, 2.24) is 9.78 Å². The van der Waals surface area contributed by atoms with Crippen molar-refractivity contribution in [2.75, 3.05) is 0 Å². The standard InChI is InChI=1S/C16H17BrN2O/c1-3-5-12(2)16-14(11-20)10-19(18-16)9-13-6-4-7-15(17)8-13/h3-4,6-8,10-12H,1,5,9H2,2H3. The highest BCUT2D eigenvalue weighted by molar-refractivity contribution is 9.10. The number of carbonyl (C=O) groups is 1. The Morgan fingerprint density at radius 3 is 2.95 bits per heavy atom. The fourth-order valence-electron chi connectivity index (χ4n) is 2.19. The zero-order valence-electron chi connectivity index (χ0n) is 11.4. The van der Waals surface area contributed by atoms with Crippen LogP contribution in [0.5, 0.6) is 0 Å². The van der Waals surface area contributed by atoms with E-state index in [1.807, 2.05) is 35.2 Å². The highest BCUT2D eigenvalue weighted by atomic mass is 79.9. The van der Waals surface area contributed by atoms with Crippen LogP contribution in [0.2, 0.25) is 0 Å². The Morgan fingerprint density at radius 1 is 1.50 bits per heavy atom. The molecule has 0 amide bonds. The number of carbonyl (C=O) groups excluding carboxylic acids is 1. The first-order valence-electron chi connectivity index (χ1n) is 6.52. The summed E-state index contributed by atoms with van der Waals surface area (Å²) < 4.78 is 2.86. The number of hydrogen-bond donors (Lipinski definition) is 0. The van der Waals surface area contributed by atoms with Gasteiger partial charge in [-0.2, -0.15) is 5.10 Å². The lowest BCUT2D eigenvalue weighted by Gasteiger charge is -2.06. The minimum absolute atomic E-state index is 0.205. The van der Waals surface area contributed by atoms with Crippen molar-refractivity contribution in [3.63, 3.8) is 0 Å². The summed E-state index contributed by atoms with van der Waals surface area (Å²) in [6, 6.07) is 8.07. The lowest BCUT2D eigenvalue weighted by molar-refractivity contribution is 0.112. The average Bonchev–Trinajstić information content (AvgIpc) is 2.82. The van der Waals surface area contributed by atoms with Gasteiger partial charge in [-0.1, -0.05) is 41.1 Å². The van der Waals surface area contributed by atoms with Crippen LogP contribution in [0, 0.1) is 0 Å². The number of nitrogens with zero attached hydrogens (tertiary/aromatic N) is 2. The van der Waals surface area contributed by atoms with Crippen molar-refractivity contribution >= 4 is 22.2 Å². The maximum absolute atomic E-state index is 11.2. The van der Waals surface area contributed by atoms with Gasteiger partial charge in [-0.15, -0.1) is 6.58 Å². The zero-order chi connectivity index (χ0) is 14.5. The van der Waals surface area contributed by atoms with Gasteiger partial charge in [-0.05, 0) is 24.1 Å². The average molecular weight is 333 g/mol. The SMILES string of the molecule is C=CCC(C)c1nn(Cc2cccc(Br)c2)cc1C=O. The van der Waals surface area contributed by atoms with Gasteiger partial charge in [0.2, 0.25) is 0 Å².